The summed E-state index contributed by atoms with van der Waals surface area (Å²) in [4.78, 5) is 20.3. The Morgan fingerprint density at radius 3 is 2.00 bits per heavy atom. The summed E-state index contributed by atoms with van der Waals surface area (Å²) in [6, 6.07) is 37.1. The van der Waals surface area contributed by atoms with Crippen LogP contribution < -0.4 is 0 Å². The van der Waals surface area contributed by atoms with Gasteiger partial charge in [0.05, 0.1) is 16.8 Å². The molecule has 0 radical (unpaired) electrons. The fourth-order valence-corrected chi connectivity index (χ4v) is 5.86. The Balaban J connectivity index is 1.36. The van der Waals surface area contributed by atoms with Crippen molar-refractivity contribution in [1.29, 1.82) is 0 Å². The summed E-state index contributed by atoms with van der Waals surface area (Å²) in [5.41, 5.74) is 8.05. The number of nitrogens with zero attached hydrogens (tertiary/aromatic N) is 4. The largest absolute Gasteiger partial charge is 0.456 e. The van der Waals surface area contributed by atoms with Gasteiger partial charge in [0.25, 0.3) is 0 Å². The number of fused-ring (bicyclic) bond motifs is 7. The molecule has 0 amide bonds. The lowest BCUT2D eigenvalue weighted by Gasteiger charge is -2.09. The van der Waals surface area contributed by atoms with Crippen LogP contribution in [-0.2, 0) is 0 Å². The van der Waals surface area contributed by atoms with Crippen molar-refractivity contribution in [3.8, 4) is 45.3 Å². The van der Waals surface area contributed by atoms with E-state index >= 15 is 0 Å². The van der Waals surface area contributed by atoms with E-state index in [1.165, 1.54) is 5.39 Å². The first kappa shape index (κ1) is 20.6. The SMILES string of the molecule is c1ccc2c(c1)-c1nc(-c3ccc4ccccc4c3)nc3nc(-c4cccc5oc6ccccc6c45)nc-2c13. The average Bonchev–Trinajstić information content (AvgIpc) is 3.53. The zero-order valence-corrected chi connectivity index (χ0v) is 20.6. The topological polar surface area (TPSA) is 64.7 Å². The minimum Gasteiger partial charge on any atom is -0.456 e. The average molecular weight is 499 g/mol. The van der Waals surface area contributed by atoms with Gasteiger partial charge in [-0.05, 0) is 29.0 Å². The van der Waals surface area contributed by atoms with Crippen LogP contribution in [0.1, 0.15) is 0 Å². The highest BCUT2D eigenvalue weighted by atomic mass is 16.3. The van der Waals surface area contributed by atoms with Gasteiger partial charge in [0.1, 0.15) is 11.2 Å². The fraction of sp³-hybridized carbons (Fsp3) is 0. The Labute approximate surface area is 222 Å². The van der Waals surface area contributed by atoms with Crippen LogP contribution in [0.4, 0.5) is 0 Å². The molecule has 0 unspecified atom stereocenters. The van der Waals surface area contributed by atoms with E-state index in [4.69, 9.17) is 24.4 Å². The highest BCUT2D eigenvalue weighted by Crippen LogP contribution is 2.46. The Bertz CT molecular complexity index is 2300. The lowest BCUT2D eigenvalue weighted by Crippen LogP contribution is -1.98. The van der Waals surface area contributed by atoms with Crippen LogP contribution in [0.25, 0.3) is 89.0 Å². The molecule has 180 valence electrons. The minimum absolute atomic E-state index is 0.625. The number of benzene rings is 5. The number of aromatic nitrogens is 4. The Morgan fingerprint density at radius 2 is 1.13 bits per heavy atom. The molecule has 8 aromatic rings. The number of para-hydroxylation sites is 1. The van der Waals surface area contributed by atoms with E-state index in [2.05, 4.69) is 66.7 Å². The molecular weight excluding hydrogens is 480 g/mol. The quantitative estimate of drug-likeness (QED) is 0.239. The van der Waals surface area contributed by atoms with Crippen molar-refractivity contribution >= 4 is 43.7 Å². The molecule has 1 aliphatic rings. The molecule has 39 heavy (non-hydrogen) atoms. The van der Waals surface area contributed by atoms with Crippen LogP contribution in [0.2, 0.25) is 0 Å². The molecule has 0 N–H and O–H groups in total. The van der Waals surface area contributed by atoms with Gasteiger partial charge < -0.3 is 4.42 Å². The van der Waals surface area contributed by atoms with Crippen molar-refractivity contribution in [2.75, 3.05) is 0 Å². The van der Waals surface area contributed by atoms with Crippen LogP contribution in [0.5, 0.6) is 0 Å². The maximum absolute atomic E-state index is 6.16. The fourth-order valence-electron chi connectivity index (χ4n) is 5.86. The zero-order valence-electron chi connectivity index (χ0n) is 20.6. The third-order valence-electron chi connectivity index (χ3n) is 7.64. The minimum atomic E-state index is 0.625. The summed E-state index contributed by atoms with van der Waals surface area (Å²) in [7, 11) is 0. The van der Waals surface area contributed by atoms with E-state index in [1.54, 1.807) is 0 Å². The molecule has 0 spiro atoms. The normalized spacial score (nSPS) is 12.1. The predicted octanol–water partition coefficient (Wildman–Crippen LogP) is 8.45. The molecule has 1 aliphatic carbocycles. The second kappa shape index (κ2) is 7.55. The van der Waals surface area contributed by atoms with Gasteiger partial charge in [-0.3, -0.25) is 0 Å². The number of rotatable bonds is 2. The molecule has 5 aromatic carbocycles. The molecule has 3 heterocycles. The highest BCUT2D eigenvalue weighted by Gasteiger charge is 2.28. The third kappa shape index (κ3) is 2.90. The van der Waals surface area contributed by atoms with E-state index in [0.717, 1.165) is 66.4 Å². The van der Waals surface area contributed by atoms with Gasteiger partial charge in [-0.25, -0.2) is 19.9 Å². The predicted molar refractivity (Wildman–Crippen MR) is 155 cm³/mol. The lowest BCUT2D eigenvalue weighted by molar-refractivity contribution is 0.669. The van der Waals surface area contributed by atoms with Crippen molar-refractivity contribution in [2.45, 2.75) is 0 Å². The number of hydrogen-bond donors (Lipinski definition) is 0. The maximum atomic E-state index is 6.16. The molecule has 0 atom stereocenters. The molecule has 9 rings (SSSR count). The maximum Gasteiger partial charge on any atom is 0.168 e. The standard InChI is InChI=1S/C34H18N4O/c1-2-9-20-18-21(17-16-19(20)8-1)32-35-30-22-10-3-4-11-23(22)31-29(30)34(37-32)38-33(36-31)25-13-7-15-27-28(25)24-12-5-6-14-26(24)39-27/h1-18H. The van der Waals surface area contributed by atoms with Gasteiger partial charge in [0.15, 0.2) is 17.3 Å². The summed E-state index contributed by atoms with van der Waals surface area (Å²) >= 11 is 0. The van der Waals surface area contributed by atoms with Crippen LogP contribution in [0.15, 0.2) is 114 Å². The first-order chi connectivity index (χ1) is 19.3. The van der Waals surface area contributed by atoms with E-state index < -0.39 is 0 Å². The molecule has 0 bridgehead atoms. The number of hydrogen-bond acceptors (Lipinski definition) is 5. The zero-order chi connectivity index (χ0) is 25.5. The van der Waals surface area contributed by atoms with Gasteiger partial charge in [-0.2, -0.15) is 0 Å². The molecule has 3 aromatic heterocycles. The molecule has 5 heteroatoms. The van der Waals surface area contributed by atoms with E-state index in [-0.39, 0.29) is 0 Å². The van der Waals surface area contributed by atoms with Gasteiger partial charge in [0.2, 0.25) is 0 Å². The van der Waals surface area contributed by atoms with Crippen molar-refractivity contribution in [1.82, 2.24) is 19.9 Å². The smallest absolute Gasteiger partial charge is 0.168 e. The molecule has 0 aliphatic heterocycles. The monoisotopic (exact) mass is 498 g/mol. The molecule has 0 fully saturated rings. The Hall–Kier alpha value is -5.42. The second-order valence-electron chi connectivity index (χ2n) is 9.87. The van der Waals surface area contributed by atoms with Gasteiger partial charge in [0, 0.05) is 33.0 Å². The van der Waals surface area contributed by atoms with E-state index in [9.17, 15) is 0 Å². The van der Waals surface area contributed by atoms with Crippen molar-refractivity contribution in [3.05, 3.63) is 109 Å². The molecule has 0 saturated carbocycles. The molecule has 0 saturated heterocycles. The Morgan fingerprint density at radius 1 is 0.462 bits per heavy atom. The summed E-state index contributed by atoms with van der Waals surface area (Å²) in [6.07, 6.45) is 0. The van der Waals surface area contributed by atoms with Crippen molar-refractivity contribution < 1.29 is 4.42 Å². The Kier molecular flexibility index (Phi) is 3.99. The van der Waals surface area contributed by atoms with Crippen LogP contribution in [0, 0.1) is 0 Å². The van der Waals surface area contributed by atoms with E-state index in [0.29, 0.717) is 17.3 Å². The van der Waals surface area contributed by atoms with Crippen LogP contribution in [-0.4, -0.2) is 19.9 Å². The highest BCUT2D eigenvalue weighted by molar-refractivity contribution is 6.14. The number of furan rings is 1. The van der Waals surface area contributed by atoms with Gasteiger partial charge in [-0.1, -0.05) is 91.0 Å². The summed E-state index contributed by atoms with van der Waals surface area (Å²) < 4.78 is 6.16. The lowest BCUT2D eigenvalue weighted by atomic mass is 10.1. The van der Waals surface area contributed by atoms with Crippen LogP contribution >= 0.6 is 0 Å². The third-order valence-corrected chi connectivity index (χ3v) is 7.64. The van der Waals surface area contributed by atoms with E-state index in [1.807, 2.05) is 42.5 Å². The summed E-state index contributed by atoms with van der Waals surface area (Å²) in [6.45, 7) is 0. The van der Waals surface area contributed by atoms with Crippen molar-refractivity contribution in [2.24, 2.45) is 0 Å². The second-order valence-corrected chi connectivity index (χ2v) is 9.87. The first-order valence-electron chi connectivity index (χ1n) is 12.9. The summed E-state index contributed by atoms with van der Waals surface area (Å²) in [5, 5.41) is 5.29. The molecule has 5 nitrogen and oxygen atoms in total. The summed E-state index contributed by atoms with van der Waals surface area (Å²) in [5.74, 6) is 1.28. The molecular formula is C34H18N4O. The first-order valence-corrected chi connectivity index (χ1v) is 12.9. The van der Waals surface area contributed by atoms with Crippen LogP contribution in [0.3, 0.4) is 0 Å². The van der Waals surface area contributed by atoms with Gasteiger partial charge in [-0.15, -0.1) is 0 Å². The van der Waals surface area contributed by atoms with Gasteiger partial charge >= 0.3 is 0 Å². The van der Waals surface area contributed by atoms with Crippen molar-refractivity contribution in [3.63, 3.8) is 0 Å².